The maximum Gasteiger partial charge on any atom is 0.134 e. The largest absolute Gasteiger partial charge is 0.394 e. The first-order valence-electron chi connectivity index (χ1n) is 7.08. The van der Waals surface area contributed by atoms with Gasteiger partial charge < -0.3 is 50.3 Å². The van der Waals surface area contributed by atoms with Crippen LogP contribution in [0.2, 0.25) is 0 Å². The maximum atomic E-state index is 9.94. The van der Waals surface area contributed by atoms with Crippen LogP contribution in [0.25, 0.3) is 0 Å². The van der Waals surface area contributed by atoms with E-state index in [9.17, 15) is 30.6 Å². The van der Waals surface area contributed by atoms with Crippen LogP contribution in [0, 0.1) is 0 Å². The minimum absolute atomic E-state index is 0.601. The minimum Gasteiger partial charge on any atom is -0.394 e. The quantitative estimate of drug-likeness (QED) is 0.242. The summed E-state index contributed by atoms with van der Waals surface area (Å²) in [5.41, 5.74) is -2.35. The summed E-state index contributed by atoms with van der Waals surface area (Å²) in [6.45, 7) is -1.20. The van der Waals surface area contributed by atoms with Gasteiger partial charge in [0.2, 0.25) is 0 Å². The van der Waals surface area contributed by atoms with E-state index in [2.05, 4.69) is 0 Å². The lowest BCUT2D eigenvalue weighted by Gasteiger charge is -2.44. The van der Waals surface area contributed by atoms with Gasteiger partial charge in [-0.3, -0.25) is 0 Å². The highest BCUT2D eigenvalue weighted by Crippen LogP contribution is 2.36. The zero-order valence-corrected chi connectivity index (χ0v) is 12.8. The Morgan fingerprint density at radius 3 is 1.22 bits per heavy atom. The number of aliphatic hydroxyl groups is 8. The zero-order valence-electron chi connectivity index (χ0n) is 12.0. The Kier molecular flexibility index (Phi) is 6.61. The second-order valence-corrected chi connectivity index (χ2v) is 6.73. The summed E-state index contributed by atoms with van der Waals surface area (Å²) in [5, 5.41) is 77.0. The normalized spacial score (nSPS) is 51.7. The van der Waals surface area contributed by atoms with Crippen LogP contribution in [-0.4, -0.2) is 114 Å². The van der Waals surface area contributed by atoms with Crippen molar-refractivity contribution >= 4 is 11.8 Å². The highest BCUT2D eigenvalue weighted by molar-refractivity contribution is 8.00. The van der Waals surface area contributed by atoms with Crippen molar-refractivity contribution in [2.75, 3.05) is 13.2 Å². The molecule has 2 aliphatic rings. The van der Waals surface area contributed by atoms with Gasteiger partial charge >= 0.3 is 0 Å². The molecule has 10 nitrogen and oxygen atoms in total. The lowest BCUT2D eigenvalue weighted by Crippen LogP contribution is -2.60. The van der Waals surface area contributed by atoms with Crippen molar-refractivity contribution in [3.63, 3.8) is 0 Å². The van der Waals surface area contributed by atoms with E-state index in [1.807, 2.05) is 0 Å². The van der Waals surface area contributed by atoms with Crippen LogP contribution in [0.3, 0.4) is 0 Å². The fourth-order valence-corrected chi connectivity index (χ4v) is 3.81. The fourth-order valence-electron chi connectivity index (χ4n) is 2.49. The van der Waals surface area contributed by atoms with Crippen molar-refractivity contribution in [3.8, 4) is 0 Å². The zero-order chi connectivity index (χ0) is 17.3. The monoisotopic (exact) mass is 358 g/mol. The van der Waals surface area contributed by atoms with E-state index < -0.39 is 72.9 Å². The Bertz CT molecular complexity index is 349. The molecule has 11 heteroatoms. The summed E-state index contributed by atoms with van der Waals surface area (Å²) >= 11 is 0.699. The Hall–Kier alpha value is -0.0500. The van der Waals surface area contributed by atoms with E-state index in [1.165, 1.54) is 0 Å². The third-order valence-corrected chi connectivity index (χ3v) is 5.28. The molecule has 6 unspecified atom stereocenters. The highest BCUT2D eigenvalue weighted by Gasteiger charge is 2.49. The first-order chi connectivity index (χ1) is 10.8. The van der Waals surface area contributed by atoms with Crippen LogP contribution in [0.1, 0.15) is 0 Å². The first kappa shape index (κ1) is 19.3. The van der Waals surface area contributed by atoms with Gasteiger partial charge in [-0.05, 0) is 0 Å². The van der Waals surface area contributed by atoms with Gasteiger partial charge in [0.05, 0.1) is 13.2 Å². The molecule has 0 spiro atoms. The van der Waals surface area contributed by atoms with Crippen molar-refractivity contribution in [1.29, 1.82) is 0 Å². The number of ether oxygens (including phenoxy) is 2. The molecule has 2 fully saturated rings. The third kappa shape index (κ3) is 3.80. The molecule has 136 valence electrons. The number of hydrogen-bond donors (Lipinski definition) is 8. The van der Waals surface area contributed by atoms with Gasteiger partial charge in [0.25, 0.3) is 0 Å². The molecule has 2 aliphatic heterocycles. The van der Waals surface area contributed by atoms with Crippen molar-refractivity contribution in [2.45, 2.75) is 59.7 Å². The van der Waals surface area contributed by atoms with Gasteiger partial charge in [-0.25, -0.2) is 0 Å². The minimum atomic E-state index is -1.58. The molecule has 2 rings (SSSR count). The molecule has 0 saturated carbocycles. The Morgan fingerprint density at radius 2 is 0.913 bits per heavy atom. The van der Waals surface area contributed by atoms with Crippen LogP contribution in [0.15, 0.2) is 0 Å². The van der Waals surface area contributed by atoms with E-state index in [4.69, 9.17) is 19.7 Å². The Morgan fingerprint density at radius 1 is 0.565 bits per heavy atom. The van der Waals surface area contributed by atoms with Crippen LogP contribution in [0.5, 0.6) is 0 Å². The van der Waals surface area contributed by atoms with Gasteiger partial charge in [-0.15, -0.1) is 0 Å². The summed E-state index contributed by atoms with van der Waals surface area (Å²) in [5.74, 6) is 0. The molecule has 0 radical (unpaired) electrons. The number of rotatable bonds is 4. The van der Waals surface area contributed by atoms with Crippen molar-refractivity contribution in [3.05, 3.63) is 0 Å². The third-order valence-electron chi connectivity index (χ3n) is 3.97. The van der Waals surface area contributed by atoms with Gasteiger partial charge in [-0.2, -0.15) is 0 Å². The summed E-state index contributed by atoms with van der Waals surface area (Å²) in [6, 6.07) is 0. The van der Waals surface area contributed by atoms with E-state index >= 15 is 0 Å². The predicted molar refractivity (Wildman–Crippen MR) is 75.1 cm³/mol. The number of hydrogen-bond acceptors (Lipinski definition) is 11. The first-order valence-corrected chi connectivity index (χ1v) is 8.02. The van der Waals surface area contributed by atoms with Crippen LogP contribution in [0.4, 0.5) is 0 Å². The average Bonchev–Trinajstić information content (AvgIpc) is 2.55. The molecule has 0 aromatic heterocycles. The molecule has 23 heavy (non-hydrogen) atoms. The summed E-state index contributed by atoms with van der Waals surface area (Å²) in [6.07, 6.45) is -11.5. The highest BCUT2D eigenvalue weighted by atomic mass is 32.2. The second-order valence-electron chi connectivity index (χ2n) is 5.53. The summed E-state index contributed by atoms with van der Waals surface area (Å²) in [4.78, 5) is 0. The summed E-state index contributed by atoms with van der Waals surface area (Å²) < 4.78 is 10.5. The lowest BCUT2D eigenvalue weighted by atomic mass is 10.0. The smallest absolute Gasteiger partial charge is 0.134 e. The maximum absolute atomic E-state index is 9.94. The molecule has 8 N–H and O–H groups in total. The molecular weight excluding hydrogens is 336 g/mol. The summed E-state index contributed by atoms with van der Waals surface area (Å²) in [7, 11) is 0. The number of thioether (sulfide) groups is 1. The van der Waals surface area contributed by atoms with Crippen LogP contribution < -0.4 is 0 Å². The molecule has 10 atom stereocenters. The molecule has 0 amide bonds. The SMILES string of the molecule is OCC1O[C@@H](S[C@@H]2OC(CO)[C@@H](O)C(O)C2O)C(O)C(O)[C@@H]1O. The Balaban J connectivity index is 2.07. The van der Waals surface area contributed by atoms with E-state index in [1.54, 1.807) is 0 Å². The van der Waals surface area contributed by atoms with E-state index in [0.29, 0.717) is 11.8 Å². The van der Waals surface area contributed by atoms with Crippen molar-refractivity contribution in [2.24, 2.45) is 0 Å². The lowest BCUT2D eigenvalue weighted by molar-refractivity contribution is -0.214. The van der Waals surface area contributed by atoms with Gasteiger partial charge in [0, 0.05) is 0 Å². The second kappa shape index (κ2) is 7.89. The van der Waals surface area contributed by atoms with E-state index in [-0.39, 0.29) is 0 Å². The van der Waals surface area contributed by atoms with E-state index in [0.717, 1.165) is 0 Å². The average molecular weight is 358 g/mol. The Labute approximate surface area is 135 Å². The molecular formula is C12H22O10S. The molecule has 0 aromatic carbocycles. The predicted octanol–water partition coefficient (Wildman–Crippen LogP) is -4.68. The standard InChI is InChI=1S/C12H22O10S/c13-1-3-5(15)7(17)9(19)11(21-3)23-12-10(20)8(18)6(16)4(2-14)22-12/h3-20H,1-2H2/t3?,4?,5-,6-,7?,8?,9?,10?,11+,12+/m1/s1. The molecule has 0 aromatic rings. The number of aliphatic hydroxyl groups excluding tert-OH is 8. The molecule has 0 aliphatic carbocycles. The van der Waals surface area contributed by atoms with Crippen molar-refractivity contribution < 1.29 is 50.3 Å². The van der Waals surface area contributed by atoms with Crippen LogP contribution in [-0.2, 0) is 9.47 Å². The molecule has 2 saturated heterocycles. The van der Waals surface area contributed by atoms with Crippen LogP contribution >= 0.6 is 11.8 Å². The van der Waals surface area contributed by atoms with Gasteiger partial charge in [-0.1, -0.05) is 11.8 Å². The van der Waals surface area contributed by atoms with Gasteiger partial charge in [0.15, 0.2) is 0 Å². The van der Waals surface area contributed by atoms with Gasteiger partial charge in [0.1, 0.15) is 59.7 Å². The van der Waals surface area contributed by atoms with Crippen molar-refractivity contribution in [1.82, 2.24) is 0 Å². The fraction of sp³-hybridized carbons (Fsp3) is 1.00. The molecule has 0 bridgehead atoms. The topological polar surface area (TPSA) is 180 Å². The molecule has 2 heterocycles.